The van der Waals surface area contributed by atoms with Gasteiger partial charge in [0.1, 0.15) is 19.3 Å². The van der Waals surface area contributed by atoms with Crippen molar-refractivity contribution in [2.24, 2.45) is 5.92 Å². The van der Waals surface area contributed by atoms with Gasteiger partial charge in [0.2, 0.25) is 10.0 Å². The number of carbonyl (C=O) groups excluding carboxylic acids is 2. The molecule has 8 nitrogen and oxygen atoms in total. The maximum atomic E-state index is 13.8. The van der Waals surface area contributed by atoms with Crippen LogP contribution < -0.4 is 0 Å². The summed E-state index contributed by atoms with van der Waals surface area (Å²) in [6.07, 6.45) is 0.684. The first-order chi connectivity index (χ1) is 18.3. The zero-order chi connectivity index (χ0) is 27.0. The van der Waals surface area contributed by atoms with Crippen molar-refractivity contribution in [2.45, 2.75) is 37.5 Å². The van der Waals surface area contributed by atoms with Gasteiger partial charge in [-0.3, -0.25) is 4.79 Å². The lowest BCUT2D eigenvalue weighted by Gasteiger charge is -2.29. The molecule has 0 aliphatic carbocycles. The molecule has 0 N–H and O–H groups in total. The Morgan fingerprint density at radius 2 is 1.55 bits per heavy atom. The summed E-state index contributed by atoms with van der Waals surface area (Å²) in [6.45, 7) is 2.64. The molecule has 1 heterocycles. The molecule has 0 radical (unpaired) electrons. The molecular weight excluding hydrogens is 506 g/mol. The maximum Gasteiger partial charge on any atom is 0.338 e. The van der Waals surface area contributed by atoms with E-state index < -0.39 is 28.0 Å². The van der Waals surface area contributed by atoms with E-state index in [2.05, 4.69) is 0 Å². The summed E-state index contributed by atoms with van der Waals surface area (Å²) < 4.78 is 45.0. The summed E-state index contributed by atoms with van der Waals surface area (Å²) in [7, 11) is -4.17. The monoisotopic (exact) mass is 537 g/mol. The number of benzene rings is 3. The topological polar surface area (TPSA) is 99.2 Å². The zero-order valence-corrected chi connectivity index (χ0v) is 22.0. The van der Waals surface area contributed by atoms with Crippen molar-refractivity contribution in [3.05, 3.63) is 102 Å². The van der Waals surface area contributed by atoms with E-state index >= 15 is 0 Å². The second-order valence-corrected chi connectivity index (χ2v) is 11.1. The number of esters is 2. The van der Waals surface area contributed by atoms with E-state index in [1.807, 2.05) is 60.7 Å². The van der Waals surface area contributed by atoms with Gasteiger partial charge in [0, 0.05) is 13.2 Å². The number of carbonyl (C=O) groups is 2. The van der Waals surface area contributed by atoms with Crippen LogP contribution in [0.2, 0.25) is 0 Å². The van der Waals surface area contributed by atoms with Crippen molar-refractivity contribution in [2.75, 3.05) is 19.8 Å². The van der Waals surface area contributed by atoms with E-state index in [1.165, 1.54) is 31.2 Å². The van der Waals surface area contributed by atoms with Crippen molar-refractivity contribution < 1.29 is 32.2 Å². The van der Waals surface area contributed by atoms with E-state index in [0.717, 1.165) is 15.4 Å². The van der Waals surface area contributed by atoms with Gasteiger partial charge < -0.3 is 14.2 Å². The van der Waals surface area contributed by atoms with Crippen LogP contribution in [0, 0.1) is 5.92 Å². The molecule has 9 heteroatoms. The summed E-state index contributed by atoms with van der Waals surface area (Å²) in [4.78, 5) is 25.6. The Hall–Kier alpha value is -3.53. The van der Waals surface area contributed by atoms with Gasteiger partial charge in [-0.2, -0.15) is 4.31 Å². The van der Waals surface area contributed by atoms with Crippen LogP contribution in [0.4, 0.5) is 0 Å². The standard InChI is InChI=1S/C29H31NO7S/c1-22(28(31)36-20-23-9-4-2-5-10-23)30(18-25-15-16-35-19-25)38(33,34)27-14-8-13-26(17-27)29(32)37-21-24-11-6-3-7-12-24/h2-14,17,22,25H,15-16,18-21H2,1H3/t22-,25?/m0/s1. The summed E-state index contributed by atoms with van der Waals surface area (Å²) >= 11 is 0. The highest BCUT2D eigenvalue weighted by Gasteiger charge is 2.36. The van der Waals surface area contributed by atoms with Gasteiger partial charge >= 0.3 is 11.9 Å². The van der Waals surface area contributed by atoms with E-state index in [1.54, 1.807) is 0 Å². The predicted molar refractivity (Wildman–Crippen MR) is 141 cm³/mol. The molecule has 1 aliphatic rings. The summed E-state index contributed by atoms with van der Waals surface area (Å²) in [5, 5.41) is 0. The fourth-order valence-corrected chi connectivity index (χ4v) is 5.85. The van der Waals surface area contributed by atoms with Crippen LogP contribution in [0.3, 0.4) is 0 Å². The van der Waals surface area contributed by atoms with Crippen LogP contribution in [-0.4, -0.2) is 50.5 Å². The molecule has 0 aromatic heterocycles. The fraction of sp³-hybridized carbons (Fsp3) is 0.310. The normalized spacial score (nSPS) is 16.2. The lowest BCUT2D eigenvalue weighted by molar-refractivity contribution is -0.149. The third-order valence-electron chi connectivity index (χ3n) is 6.35. The molecule has 0 saturated carbocycles. The molecule has 0 spiro atoms. The van der Waals surface area contributed by atoms with Crippen LogP contribution in [0.15, 0.2) is 89.8 Å². The Morgan fingerprint density at radius 1 is 0.921 bits per heavy atom. The Balaban J connectivity index is 1.52. The SMILES string of the molecule is C[C@@H](C(=O)OCc1ccccc1)N(CC1CCOC1)S(=O)(=O)c1cccc(C(=O)OCc2ccccc2)c1. The number of hydrogen-bond donors (Lipinski definition) is 0. The Morgan fingerprint density at radius 3 is 2.16 bits per heavy atom. The van der Waals surface area contributed by atoms with E-state index in [4.69, 9.17) is 14.2 Å². The van der Waals surface area contributed by atoms with E-state index in [0.29, 0.717) is 19.6 Å². The Labute approximate surface area is 223 Å². The number of rotatable bonds is 11. The van der Waals surface area contributed by atoms with Gasteiger partial charge in [-0.15, -0.1) is 0 Å². The first-order valence-corrected chi connectivity index (χ1v) is 13.9. The molecular formula is C29H31NO7S. The third-order valence-corrected chi connectivity index (χ3v) is 8.28. The zero-order valence-electron chi connectivity index (χ0n) is 21.2. The molecule has 1 aliphatic heterocycles. The first kappa shape index (κ1) is 27.5. The van der Waals surface area contributed by atoms with Gasteiger partial charge in [0.25, 0.3) is 0 Å². The highest BCUT2D eigenvalue weighted by molar-refractivity contribution is 7.89. The molecule has 3 aromatic rings. The molecule has 4 rings (SSSR count). The molecule has 3 aromatic carbocycles. The molecule has 38 heavy (non-hydrogen) atoms. The average Bonchev–Trinajstić information content (AvgIpc) is 3.47. The Bertz CT molecular complexity index is 1320. The molecule has 200 valence electrons. The van der Waals surface area contributed by atoms with E-state index in [-0.39, 0.29) is 36.1 Å². The van der Waals surface area contributed by atoms with Crippen LogP contribution >= 0.6 is 0 Å². The Kier molecular flexibility index (Phi) is 9.28. The number of ether oxygens (including phenoxy) is 3. The van der Waals surface area contributed by atoms with Crippen molar-refractivity contribution in [3.8, 4) is 0 Å². The maximum absolute atomic E-state index is 13.8. The first-order valence-electron chi connectivity index (χ1n) is 12.5. The van der Waals surface area contributed by atoms with Crippen molar-refractivity contribution in [1.29, 1.82) is 0 Å². The van der Waals surface area contributed by atoms with Gasteiger partial charge in [-0.1, -0.05) is 66.7 Å². The second kappa shape index (κ2) is 12.8. The largest absolute Gasteiger partial charge is 0.460 e. The molecule has 1 fully saturated rings. The minimum atomic E-state index is -4.17. The minimum Gasteiger partial charge on any atom is -0.460 e. The van der Waals surface area contributed by atoms with Gasteiger partial charge in [-0.25, -0.2) is 13.2 Å². The average molecular weight is 538 g/mol. The summed E-state index contributed by atoms with van der Waals surface area (Å²) in [6, 6.07) is 23.0. The van der Waals surface area contributed by atoms with Crippen LogP contribution in [0.25, 0.3) is 0 Å². The number of hydrogen-bond acceptors (Lipinski definition) is 7. The smallest absolute Gasteiger partial charge is 0.338 e. The molecule has 0 bridgehead atoms. The van der Waals surface area contributed by atoms with Gasteiger partial charge in [0.15, 0.2) is 0 Å². The van der Waals surface area contributed by atoms with Crippen LogP contribution in [0.5, 0.6) is 0 Å². The van der Waals surface area contributed by atoms with Crippen molar-refractivity contribution in [1.82, 2.24) is 4.31 Å². The highest BCUT2D eigenvalue weighted by Crippen LogP contribution is 2.25. The quantitative estimate of drug-likeness (QED) is 0.338. The van der Waals surface area contributed by atoms with Crippen LogP contribution in [-0.2, 0) is 42.2 Å². The third kappa shape index (κ3) is 7.06. The second-order valence-electron chi connectivity index (χ2n) is 9.16. The van der Waals surface area contributed by atoms with Crippen LogP contribution in [0.1, 0.15) is 34.8 Å². The number of sulfonamides is 1. The van der Waals surface area contributed by atoms with E-state index in [9.17, 15) is 18.0 Å². The highest BCUT2D eigenvalue weighted by atomic mass is 32.2. The van der Waals surface area contributed by atoms with Crippen molar-refractivity contribution in [3.63, 3.8) is 0 Å². The summed E-state index contributed by atoms with van der Waals surface area (Å²) in [5.41, 5.74) is 1.72. The predicted octanol–water partition coefficient (Wildman–Crippen LogP) is 4.20. The summed E-state index contributed by atoms with van der Waals surface area (Å²) in [5.74, 6) is -1.36. The lowest BCUT2D eigenvalue weighted by Crippen LogP contribution is -2.46. The minimum absolute atomic E-state index is 0.0349. The number of nitrogens with zero attached hydrogens (tertiary/aromatic N) is 1. The van der Waals surface area contributed by atoms with Gasteiger partial charge in [-0.05, 0) is 48.6 Å². The molecule has 1 unspecified atom stereocenters. The van der Waals surface area contributed by atoms with Crippen molar-refractivity contribution >= 4 is 22.0 Å². The molecule has 2 atom stereocenters. The molecule has 1 saturated heterocycles. The molecule has 0 amide bonds. The van der Waals surface area contributed by atoms with Gasteiger partial charge in [0.05, 0.1) is 17.1 Å². The fourth-order valence-electron chi connectivity index (χ4n) is 4.14. The lowest BCUT2D eigenvalue weighted by atomic mass is 10.1.